The van der Waals surface area contributed by atoms with Crippen molar-refractivity contribution in [1.82, 2.24) is 10.4 Å². The Morgan fingerprint density at radius 1 is 1.07 bits per heavy atom. The Kier molecular flexibility index (Phi) is 7.42. The summed E-state index contributed by atoms with van der Waals surface area (Å²) in [5.74, 6) is 0.245. The molecule has 3 rings (SSSR count). The van der Waals surface area contributed by atoms with Crippen LogP contribution in [0.3, 0.4) is 0 Å². The standard InChI is InChI=1S/C24H31N3O2/c1-3-5-11-22-25-23(12-6-4-2)27(26-22)17-18-13-15-19(16-14-18)20-9-7-8-10-21(20)24(28)29/h7-10,13-16,22,26H,3-6,11-12,17H2,1-2H3,(H,28,29). The van der Waals surface area contributed by atoms with Gasteiger partial charge < -0.3 is 5.11 Å². The Bertz CT molecular complexity index is 845. The monoisotopic (exact) mass is 393 g/mol. The Balaban J connectivity index is 1.72. The second kappa shape index (κ2) is 10.2. The highest BCUT2D eigenvalue weighted by molar-refractivity contribution is 5.96. The molecule has 1 unspecified atom stereocenters. The second-order valence-corrected chi connectivity index (χ2v) is 7.57. The van der Waals surface area contributed by atoms with E-state index in [-0.39, 0.29) is 6.17 Å². The zero-order chi connectivity index (χ0) is 20.6. The summed E-state index contributed by atoms with van der Waals surface area (Å²) >= 11 is 0. The number of rotatable bonds is 10. The molecule has 0 aromatic heterocycles. The van der Waals surface area contributed by atoms with Crippen molar-refractivity contribution in [1.29, 1.82) is 0 Å². The van der Waals surface area contributed by atoms with Crippen LogP contribution in [-0.4, -0.2) is 28.1 Å². The molecule has 0 fully saturated rings. The Morgan fingerprint density at radius 3 is 2.48 bits per heavy atom. The molecule has 154 valence electrons. The average molecular weight is 394 g/mol. The molecule has 5 heteroatoms. The van der Waals surface area contributed by atoms with Gasteiger partial charge in [0.1, 0.15) is 12.0 Å². The molecule has 0 saturated carbocycles. The predicted octanol–water partition coefficient (Wildman–Crippen LogP) is 5.48. The van der Waals surface area contributed by atoms with Crippen LogP contribution in [-0.2, 0) is 6.54 Å². The minimum Gasteiger partial charge on any atom is -0.478 e. The van der Waals surface area contributed by atoms with Gasteiger partial charge in [-0.2, -0.15) is 0 Å². The maximum absolute atomic E-state index is 11.5. The Morgan fingerprint density at radius 2 is 1.79 bits per heavy atom. The average Bonchev–Trinajstić information content (AvgIpc) is 3.12. The van der Waals surface area contributed by atoms with Crippen molar-refractivity contribution in [3.05, 3.63) is 59.7 Å². The molecule has 0 radical (unpaired) electrons. The number of unbranched alkanes of at least 4 members (excludes halogenated alkanes) is 2. The fraction of sp³-hybridized carbons (Fsp3) is 0.417. The lowest BCUT2D eigenvalue weighted by molar-refractivity contribution is 0.0697. The number of hydrogen-bond donors (Lipinski definition) is 2. The zero-order valence-electron chi connectivity index (χ0n) is 17.4. The first-order valence-corrected chi connectivity index (χ1v) is 10.6. The quantitative estimate of drug-likeness (QED) is 0.561. The number of nitrogens with zero attached hydrogens (tertiary/aromatic N) is 2. The van der Waals surface area contributed by atoms with Gasteiger partial charge in [0.15, 0.2) is 0 Å². The molecule has 0 aliphatic carbocycles. The lowest BCUT2D eigenvalue weighted by atomic mass is 9.99. The molecule has 1 aliphatic heterocycles. The van der Waals surface area contributed by atoms with Crippen LogP contribution in [0.5, 0.6) is 0 Å². The third kappa shape index (κ3) is 5.45. The summed E-state index contributed by atoms with van der Waals surface area (Å²) in [4.78, 5) is 16.4. The number of nitrogens with one attached hydrogen (secondary N) is 1. The number of carboxylic acid groups (broad SMARTS) is 1. The highest BCUT2D eigenvalue weighted by Gasteiger charge is 2.23. The number of hydrazine groups is 1. The second-order valence-electron chi connectivity index (χ2n) is 7.57. The fourth-order valence-electron chi connectivity index (χ4n) is 3.62. The number of benzene rings is 2. The molecule has 2 aromatic rings. The van der Waals surface area contributed by atoms with Gasteiger partial charge in [-0.1, -0.05) is 75.6 Å². The predicted molar refractivity (Wildman–Crippen MR) is 118 cm³/mol. The maximum atomic E-state index is 11.5. The van der Waals surface area contributed by atoms with E-state index >= 15 is 0 Å². The maximum Gasteiger partial charge on any atom is 0.336 e. The molecule has 1 heterocycles. The van der Waals surface area contributed by atoms with Gasteiger partial charge in [-0.25, -0.2) is 10.2 Å². The van der Waals surface area contributed by atoms with Gasteiger partial charge in [-0.05, 0) is 35.6 Å². The highest BCUT2D eigenvalue weighted by atomic mass is 16.4. The number of amidine groups is 1. The summed E-state index contributed by atoms with van der Waals surface area (Å²) in [5, 5.41) is 11.6. The largest absolute Gasteiger partial charge is 0.478 e. The van der Waals surface area contributed by atoms with Crippen molar-refractivity contribution in [2.45, 2.75) is 65.1 Å². The molecule has 1 aliphatic rings. The first-order valence-electron chi connectivity index (χ1n) is 10.6. The first-order chi connectivity index (χ1) is 14.1. The van der Waals surface area contributed by atoms with E-state index in [0.717, 1.165) is 49.2 Å². The van der Waals surface area contributed by atoms with Crippen LogP contribution in [0.4, 0.5) is 0 Å². The van der Waals surface area contributed by atoms with Crippen molar-refractivity contribution in [2.24, 2.45) is 4.99 Å². The summed E-state index contributed by atoms with van der Waals surface area (Å²) in [6.45, 7) is 5.17. The van der Waals surface area contributed by atoms with Gasteiger partial charge in [0, 0.05) is 6.42 Å². The third-order valence-corrected chi connectivity index (χ3v) is 5.27. The van der Waals surface area contributed by atoms with E-state index in [9.17, 15) is 9.90 Å². The Labute approximate surface area is 173 Å². The summed E-state index contributed by atoms with van der Waals surface area (Å²) in [6.07, 6.45) is 6.89. The highest BCUT2D eigenvalue weighted by Crippen LogP contribution is 2.25. The molecule has 0 spiro atoms. The van der Waals surface area contributed by atoms with Crippen LogP contribution < -0.4 is 5.43 Å². The van der Waals surface area contributed by atoms with Crippen LogP contribution >= 0.6 is 0 Å². The smallest absolute Gasteiger partial charge is 0.336 e. The summed E-state index contributed by atoms with van der Waals surface area (Å²) < 4.78 is 0. The molecule has 0 bridgehead atoms. The SMILES string of the molecule is CCCCC1=NC(CCCC)NN1Cc1ccc(-c2ccccc2C(=O)O)cc1. The molecule has 1 atom stereocenters. The fourth-order valence-corrected chi connectivity index (χ4v) is 3.62. The topological polar surface area (TPSA) is 64.9 Å². The number of aliphatic imine (C=N–C) groups is 1. The van der Waals surface area contributed by atoms with Gasteiger partial charge in [0.05, 0.1) is 12.1 Å². The van der Waals surface area contributed by atoms with Crippen molar-refractivity contribution < 1.29 is 9.90 Å². The van der Waals surface area contributed by atoms with E-state index in [1.165, 1.54) is 18.4 Å². The molecular weight excluding hydrogens is 362 g/mol. The summed E-state index contributed by atoms with van der Waals surface area (Å²) in [7, 11) is 0. The Hall–Kier alpha value is -2.66. The summed E-state index contributed by atoms with van der Waals surface area (Å²) in [5.41, 5.74) is 6.72. The van der Waals surface area contributed by atoms with Crippen molar-refractivity contribution >= 4 is 11.8 Å². The van der Waals surface area contributed by atoms with Gasteiger partial charge in [-0.15, -0.1) is 0 Å². The van der Waals surface area contributed by atoms with E-state index in [0.29, 0.717) is 5.56 Å². The van der Waals surface area contributed by atoms with E-state index in [2.05, 4.69) is 36.4 Å². The lowest BCUT2D eigenvalue weighted by Gasteiger charge is -2.22. The van der Waals surface area contributed by atoms with Crippen molar-refractivity contribution in [3.8, 4) is 11.1 Å². The number of aromatic carboxylic acids is 1. The van der Waals surface area contributed by atoms with Crippen molar-refractivity contribution in [2.75, 3.05) is 0 Å². The molecule has 0 saturated heterocycles. The molecule has 29 heavy (non-hydrogen) atoms. The van der Waals surface area contributed by atoms with Gasteiger partial charge in [0.2, 0.25) is 0 Å². The van der Waals surface area contributed by atoms with Gasteiger partial charge in [0.25, 0.3) is 0 Å². The van der Waals surface area contributed by atoms with E-state index in [4.69, 9.17) is 4.99 Å². The van der Waals surface area contributed by atoms with E-state index in [1.807, 2.05) is 24.3 Å². The van der Waals surface area contributed by atoms with Crippen LogP contribution in [0.25, 0.3) is 11.1 Å². The van der Waals surface area contributed by atoms with Crippen LogP contribution in [0.15, 0.2) is 53.5 Å². The molecule has 2 N–H and O–H groups in total. The number of carbonyl (C=O) groups is 1. The zero-order valence-corrected chi connectivity index (χ0v) is 17.4. The minimum atomic E-state index is -0.902. The molecule has 2 aromatic carbocycles. The number of carboxylic acids is 1. The lowest BCUT2D eigenvalue weighted by Crippen LogP contribution is -2.39. The van der Waals surface area contributed by atoms with Crippen molar-refractivity contribution in [3.63, 3.8) is 0 Å². The molecular formula is C24H31N3O2. The molecule has 0 amide bonds. The first kappa shape index (κ1) is 21.1. The van der Waals surface area contributed by atoms with E-state index in [1.54, 1.807) is 12.1 Å². The van der Waals surface area contributed by atoms with E-state index < -0.39 is 5.97 Å². The van der Waals surface area contributed by atoms with Crippen LogP contribution in [0, 0.1) is 0 Å². The molecule has 5 nitrogen and oxygen atoms in total. The normalized spacial score (nSPS) is 16.1. The number of hydrogen-bond acceptors (Lipinski definition) is 4. The van der Waals surface area contributed by atoms with Gasteiger partial charge in [-0.3, -0.25) is 10.0 Å². The van der Waals surface area contributed by atoms with Gasteiger partial charge >= 0.3 is 5.97 Å². The third-order valence-electron chi connectivity index (χ3n) is 5.27. The minimum absolute atomic E-state index is 0.184. The van der Waals surface area contributed by atoms with Crippen LogP contribution in [0.2, 0.25) is 0 Å². The summed E-state index contributed by atoms with van der Waals surface area (Å²) in [6, 6.07) is 15.3. The van der Waals surface area contributed by atoms with Crippen LogP contribution in [0.1, 0.15) is 68.3 Å².